The van der Waals surface area contributed by atoms with E-state index in [9.17, 15) is 0 Å². The molecule has 2 aromatic rings. The summed E-state index contributed by atoms with van der Waals surface area (Å²) in [6, 6.07) is 11.2. The lowest BCUT2D eigenvalue weighted by atomic mass is 10.1. The van der Waals surface area contributed by atoms with E-state index in [4.69, 9.17) is 33.7 Å². The highest BCUT2D eigenvalue weighted by Gasteiger charge is 2.05. The lowest BCUT2D eigenvalue weighted by molar-refractivity contribution is 0.305. The standard InChI is InChI=1S/C17H15Cl2NO/c1-12-4-7-17(13(9-12)3-2-8-20)21-11-14-5-6-15(18)10-16(14)19/h4-7,9-10H,8,11,20H2,1H3. The van der Waals surface area contributed by atoms with Gasteiger partial charge >= 0.3 is 0 Å². The molecule has 0 radical (unpaired) electrons. The summed E-state index contributed by atoms with van der Waals surface area (Å²) in [5, 5.41) is 1.19. The lowest BCUT2D eigenvalue weighted by Gasteiger charge is -2.10. The maximum Gasteiger partial charge on any atom is 0.135 e. The normalized spacial score (nSPS) is 9.90. The number of rotatable bonds is 3. The highest BCUT2D eigenvalue weighted by atomic mass is 35.5. The zero-order valence-electron chi connectivity index (χ0n) is 11.6. The lowest BCUT2D eigenvalue weighted by Crippen LogP contribution is -1.99. The monoisotopic (exact) mass is 319 g/mol. The van der Waals surface area contributed by atoms with Gasteiger partial charge in [0.05, 0.1) is 12.1 Å². The van der Waals surface area contributed by atoms with Crippen molar-refractivity contribution in [1.29, 1.82) is 0 Å². The van der Waals surface area contributed by atoms with E-state index < -0.39 is 0 Å². The topological polar surface area (TPSA) is 35.2 Å². The molecule has 21 heavy (non-hydrogen) atoms. The SMILES string of the molecule is Cc1ccc(OCc2ccc(Cl)cc2Cl)c(C#CCN)c1. The van der Waals surface area contributed by atoms with Crippen LogP contribution in [0.25, 0.3) is 0 Å². The van der Waals surface area contributed by atoms with Crippen LogP contribution in [0.4, 0.5) is 0 Å². The summed E-state index contributed by atoms with van der Waals surface area (Å²) in [5.41, 5.74) is 8.24. The molecule has 0 aliphatic heterocycles. The first-order chi connectivity index (χ1) is 10.1. The molecule has 0 heterocycles. The Morgan fingerprint density at radius 1 is 1.14 bits per heavy atom. The van der Waals surface area contributed by atoms with E-state index >= 15 is 0 Å². The van der Waals surface area contributed by atoms with Crippen LogP contribution in [0.3, 0.4) is 0 Å². The minimum absolute atomic E-state index is 0.316. The van der Waals surface area contributed by atoms with Gasteiger partial charge in [0.15, 0.2) is 0 Å². The summed E-state index contributed by atoms with van der Waals surface area (Å²) < 4.78 is 5.83. The second-order valence-electron chi connectivity index (χ2n) is 4.53. The van der Waals surface area contributed by atoms with Crippen LogP contribution >= 0.6 is 23.2 Å². The highest BCUT2D eigenvalue weighted by molar-refractivity contribution is 6.35. The van der Waals surface area contributed by atoms with Crippen LogP contribution in [0.1, 0.15) is 16.7 Å². The largest absolute Gasteiger partial charge is 0.488 e. The third-order valence-electron chi connectivity index (χ3n) is 2.86. The zero-order valence-corrected chi connectivity index (χ0v) is 13.1. The van der Waals surface area contributed by atoms with Crippen LogP contribution in [0, 0.1) is 18.8 Å². The van der Waals surface area contributed by atoms with Crippen LogP contribution in [-0.2, 0) is 6.61 Å². The Kier molecular flexibility index (Phi) is 5.52. The molecule has 0 aromatic heterocycles. The molecule has 0 spiro atoms. The minimum Gasteiger partial charge on any atom is -0.488 e. The molecule has 0 bridgehead atoms. The Balaban J connectivity index is 2.19. The van der Waals surface area contributed by atoms with Gasteiger partial charge in [-0.05, 0) is 36.8 Å². The van der Waals surface area contributed by atoms with Gasteiger partial charge < -0.3 is 10.5 Å². The van der Waals surface area contributed by atoms with Crippen LogP contribution in [0.15, 0.2) is 36.4 Å². The Hall–Kier alpha value is -1.66. The second kappa shape index (κ2) is 7.38. The number of nitrogens with two attached hydrogens (primary N) is 1. The molecule has 2 nitrogen and oxygen atoms in total. The van der Waals surface area contributed by atoms with Crippen molar-refractivity contribution >= 4 is 23.2 Å². The summed E-state index contributed by atoms with van der Waals surface area (Å²) in [4.78, 5) is 0. The van der Waals surface area contributed by atoms with Crippen molar-refractivity contribution in [3.8, 4) is 17.6 Å². The fourth-order valence-electron chi connectivity index (χ4n) is 1.81. The second-order valence-corrected chi connectivity index (χ2v) is 5.37. The highest BCUT2D eigenvalue weighted by Crippen LogP contribution is 2.24. The molecule has 2 N–H and O–H groups in total. The number of aryl methyl sites for hydroxylation is 1. The molecule has 0 saturated heterocycles. The van der Waals surface area contributed by atoms with E-state index in [1.165, 1.54) is 0 Å². The molecule has 108 valence electrons. The first-order valence-electron chi connectivity index (χ1n) is 6.46. The van der Waals surface area contributed by atoms with Crippen LogP contribution < -0.4 is 10.5 Å². The third kappa shape index (κ3) is 4.41. The number of hydrogen-bond donors (Lipinski definition) is 1. The van der Waals surface area contributed by atoms with Gasteiger partial charge in [-0.3, -0.25) is 0 Å². The van der Waals surface area contributed by atoms with Gasteiger partial charge in [0.1, 0.15) is 12.4 Å². The summed E-state index contributed by atoms with van der Waals surface area (Å²) >= 11 is 12.0. The van der Waals surface area contributed by atoms with Gasteiger partial charge in [-0.15, -0.1) is 0 Å². The Morgan fingerprint density at radius 3 is 2.67 bits per heavy atom. The van der Waals surface area contributed by atoms with Crippen LogP contribution in [0.2, 0.25) is 10.0 Å². The fourth-order valence-corrected chi connectivity index (χ4v) is 2.27. The van der Waals surface area contributed by atoms with E-state index in [0.29, 0.717) is 28.9 Å². The van der Waals surface area contributed by atoms with E-state index in [1.807, 2.05) is 31.2 Å². The van der Waals surface area contributed by atoms with E-state index in [2.05, 4.69) is 11.8 Å². The van der Waals surface area contributed by atoms with Gasteiger partial charge in [-0.2, -0.15) is 0 Å². The van der Waals surface area contributed by atoms with Gasteiger partial charge in [0.2, 0.25) is 0 Å². The molecule has 0 amide bonds. The van der Waals surface area contributed by atoms with Gasteiger partial charge in [0, 0.05) is 15.6 Å². The van der Waals surface area contributed by atoms with Crippen molar-refractivity contribution in [1.82, 2.24) is 0 Å². The summed E-state index contributed by atoms with van der Waals surface area (Å²) in [5.74, 6) is 6.58. The van der Waals surface area contributed by atoms with Crippen molar-refractivity contribution in [3.05, 3.63) is 63.1 Å². The smallest absolute Gasteiger partial charge is 0.135 e. The van der Waals surface area contributed by atoms with Crippen molar-refractivity contribution in [2.45, 2.75) is 13.5 Å². The van der Waals surface area contributed by atoms with Crippen molar-refractivity contribution in [3.63, 3.8) is 0 Å². The zero-order chi connectivity index (χ0) is 15.2. The van der Waals surface area contributed by atoms with E-state index in [-0.39, 0.29) is 0 Å². The molecular formula is C17H15Cl2NO. The Morgan fingerprint density at radius 2 is 1.95 bits per heavy atom. The first kappa shape index (κ1) is 15.7. The number of halogens is 2. The number of hydrogen-bond acceptors (Lipinski definition) is 2. The molecule has 0 atom stereocenters. The predicted octanol–water partition coefficient (Wildman–Crippen LogP) is 4.19. The van der Waals surface area contributed by atoms with Crippen molar-refractivity contribution < 1.29 is 4.74 Å². The molecule has 0 fully saturated rings. The Bertz CT molecular complexity index is 702. The fraction of sp³-hybridized carbons (Fsp3) is 0.176. The summed E-state index contributed by atoms with van der Waals surface area (Å²) in [7, 11) is 0. The molecule has 0 saturated carbocycles. The van der Waals surface area contributed by atoms with Crippen LogP contribution in [-0.4, -0.2) is 6.54 Å². The summed E-state index contributed by atoms with van der Waals surface area (Å²) in [6.07, 6.45) is 0. The average Bonchev–Trinajstić information content (AvgIpc) is 2.45. The molecule has 0 aliphatic carbocycles. The van der Waals surface area contributed by atoms with Crippen molar-refractivity contribution in [2.24, 2.45) is 5.73 Å². The number of benzene rings is 2. The molecule has 2 rings (SSSR count). The van der Waals surface area contributed by atoms with Gasteiger partial charge in [-0.25, -0.2) is 0 Å². The Labute approximate surface area is 134 Å². The predicted molar refractivity (Wildman–Crippen MR) is 87.9 cm³/mol. The minimum atomic E-state index is 0.316. The quantitative estimate of drug-likeness (QED) is 0.861. The molecule has 4 heteroatoms. The van der Waals surface area contributed by atoms with Crippen LogP contribution in [0.5, 0.6) is 5.75 Å². The van der Waals surface area contributed by atoms with Gasteiger partial charge in [-0.1, -0.05) is 47.2 Å². The molecule has 0 aliphatic rings. The number of ether oxygens (including phenoxy) is 1. The maximum atomic E-state index is 6.14. The summed E-state index contributed by atoms with van der Waals surface area (Å²) in [6.45, 7) is 2.68. The van der Waals surface area contributed by atoms with Gasteiger partial charge in [0.25, 0.3) is 0 Å². The third-order valence-corrected chi connectivity index (χ3v) is 3.45. The van der Waals surface area contributed by atoms with E-state index in [1.54, 1.807) is 12.1 Å². The van der Waals surface area contributed by atoms with Crippen molar-refractivity contribution in [2.75, 3.05) is 6.54 Å². The van der Waals surface area contributed by atoms with E-state index in [0.717, 1.165) is 16.7 Å². The molecule has 0 unspecified atom stereocenters. The average molecular weight is 320 g/mol. The first-order valence-corrected chi connectivity index (χ1v) is 7.22. The maximum absolute atomic E-state index is 6.14. The molecular weight excluding hydrogens is 305 g/mol. The molecule has 2 aromatic carbocycles.